The predicted octanol–water partition coefficient (Wildman–Crippen LogP) is -1.99. The van der Waals surface area contributed by atoms with E-state index >= 15 is 0 Å². The van der Waals surface area contributed by atoms with Gasteiger partial charge in [-0.2, -0.15) is 0 Å². The number of β-amino-alcohol motifs (C(OH)–C–C–N with tert-alkyl or cyclic N) is 1. The van der Waals surface area contributed by atoms with Gasteiger partial charge in [0.15, 0.2) is 0 Å². The lowest BCUT2D eigenvalue weighted by atomic mass is 10.1. The summed E-state index contributed by atoms with van der Waals surface area (Å²) >= 11 is 0. The molecule has 0 aromatic carbocycles. The van der Waals surface area contributed by atoms with Crippen LogP contribution < -0.4 is 0 Å². The monoisotopic (exact) mass is 147 g/mol. The molecule has 1 heterocycles. The van der Waals surface area contributed by atoms with Crippen molar-refractivity contribution in [1.82, 2.24) is 4.90 Å². The maximum absolute atomic E-state index is 9.18. The van der Waals surface area contributed by atoms with Gasteiger partial charge in [-0.05, 0) is 7.05 Å². The van der Waals surface area contributed by atoms with Crippen LogP contribution in [0.5, 0.6) is 0 Å². The first-order valence-electron chi connectivity index (χ1n) is 3.34. The second-order valence-electron chi connectivity index (χ2n) is 2.75. The molecule has 3 atom stereocenters. The average molecular weight is 147 g/mol. The number of nitrogens with zero attached hydrogens (tertiary/aromatic N) is 1. The molecule has 0 spiro atoms. The van der Waals surface area contributed by atoms with E-state index < -0.39 is 12.2 Å². The van der Waals surface area contributed by atoms with Crippen LogP contribution in [0.2, 0.25) is 0 Å². The van der Waals surface area contributed by atoms with Crippen molar-refractivity contribution in [3.8, 4) is 0 Å². The molecule has 3 N–H and O–H groups in total. The van der Waals surface area contributed by atoms with Gasteiger partial charge in [0.25, 0.3) is 0 Å². The van der Waals surface area contributed by atoms with E-state index in [1.54, 1.807) is 11.9 Å². The van der Waals surface area contributed by atoms with E-state index in [-0.39, 0.29) is 12.6 Å². The molecule has 0 unspecified atom stereocenters. The lowest BCUT2D eigenvalue weighted by molar-refractivity contribution is 0.0237. The standard InChI is InChI=1S/C6H13NO3/c1-7-2-5(9)6(10)4(7)3-8/h4-6,8-10H,2-3H2,1H3/t4-,5+,6-/m1/s1. The van der Waals surface area contributed by atoms with E-state index in [0.29, 0.717) is 6.54 Å². The van der Waals surface area contributed by atoms with Gasteiger partial charge in [0.05, 0.1) is 24.9 Å². The topological polar surface area (TPSA) is 63.9 Å². The van der Waals surface area contributed by atoms with E-state index in [1.807, 2.05) is 0 Å². The largest absolute Gasteiger partial charge is 0.395 e. The number of rotatable bonds is 1. The summed E-state index contributed by atoms with van der Waals surface area (Å²) in [4.78, 5) is 1.75. The summed E-state index contributed by atoms with van der Waals surface area (Å²) in [7, 11) is 1.76. The lowest BCUT2D eigenvalue weighted by Crippen LogP contribution is -2.36. The Kier molecular flexibility index (Phi) is 2.25. The second-order valence-corrected chi connectivity index (χ2v) is 2.75. The van der Waals surface area contributed by atoms with Crippen LogP contribution in [0, 0.1) is 0 Å². The molecule has 4 heteroatoms. The van der Waals surface area contributed by atoms with Crippen molar-refractivity contribution in [3.05, 3.63) is 0 Å². The van der Waals surface area contributed by atoms with Crippen molar-refractivity contribution in [2.45, 2.75) is 18.2 Å². The zero-order chi connectivity index (χ0) is 7.72. The zero-order valence-electron chi connectivity index (χ0n) is 5.94. The van der Waals surface area contributed by atoms with Gasteiger partial charge in [-0.15, -0.1) is 0 Å². The molecule has 0 aliphatic carbocycles. The van der Waals surface area contributed by atoms with Crippen LogP contribution in [-0.4, -0.2) is 58.7 Å². The highest BCUT2D eigenvalue weighted by Gasteiger charge is 2.36. The van der Waals surface area contributed by atoms with Crippen LogP contribution in [0.4, 0.5) is 0 Å². The van der Waals surface area contributed by atoms with Gasteiger partial charge in [-0.1, -0.05) is 0 Å². The third-order valence-electron chi connectivity index (χ3n) is 2.02. The predicted molar refractivity (Wildman–Crippen MR) is 35.5 cm³/mol. The van der Waals surface area contributed by atoms with Crippen LogP contribution in [0.15, 0.2) is 0 Å². The van der Waals surface area contributed by atoms with Gasteiger partial charge in [0.2, 0.25) is 0 Å². The maximum atomic E-state index is 9.18. The first kappa shape index (κ1) is 7.94. The highest BCUT2D eigenvalue weighted by molar-refractivity contribution is 4.90. The fraction of sp³-hybridized carbons (Fsp3) is 1.00. The Morgan fingerprint density at radius 1 is 1.50 bits per heavy atom. The third kappa shape index (κ3) is 1.15. The van der Waals surface area contributed by atoms with E-state index in [1.165, 1.54) is 0 Å². The molecule has 60 valence electrons. The van der Waals surface area contributed by atoms with E-state index in [0.717, 1.165) is 0 Å². The Morgan fingerprint density at radius 3 is 2.30 bits per heavy atom. The lowest BCUT2D eigenvalue weighted by Gasteiger charge is -2.18. The molecule has 1 aliphatic heterocycles. The van der Waals surface area contributed by atoms with Crippen molar-refractivity contribution >= 4 is 0 Å². The fourth-order valence-corrected chi connectivity index (χ4v) is 1.30. The molecule has 0 saturated carbocycles. The van der Waals surface area contributed by atoms with E-state index in [2.05, 4.69) is 0 Å². The summed E-state index contributed by atoms with van der Waals surface area (Å²) in [5, 5.41) is 27.0. The smallest absolute Gasteiger partial charge is 0.0988 e. The van der Waals surface area contributed by atoms with Crippen LogP contribution in [0.3, 0.4) is 0 Å². The van der Waals surface area contributed by atoms with Crippen molar-refractivity contribution in [2.24, 2.45) is 0 Å². The minimum Gasteiger partial charge on any atom is -0.395 e. The second kappa shape index (κ2) is 2.84. The van der Waals surface area contributed by atoms with Crippen LogP contribution in [0.1, 0.15) is 0 Å². The zero-order valence-corrected chi connectivity index (χ0v) is 5.94. The van der Waals surface area contributed by atoms with E-state index in [4.69, 9.17) is 10.2 Å². The normalized spacial score (nSPS) is 42.6. The molecule has 0 aromatic heterocycles. The fourth-order valence-electron chi connectivity index (χ4n) is 1.30. The van der Waals surface area contributed by atoms with Gasteiger partial charge in [-0.25, -0.2) is 0 Å². The minimum atomic E-state index is -0.796. The molecule has 0 aromatic rings. The summed E-state index contributed by atoms with van der Waals surface area (Å²) in [5.41, 5.74) is 0. The number of likely N-dealkylation sites (N-methyl/N-ethyl adjacent to an activating group) is 1. The third-order valence-corrected chi connectivity index (χ3v) is 2.02. The van der Waals surface area contributed by atoms with Gasteiger partial charge in [0.1, 0.15) is 0 Å². The summed E-state index contributed by atoms with van der Waals surface area (Å²) < 4.78 is 0. The molecule has 1 fully saturated rings. The Labute approximate surface area is 59.7 Å². The van der Waals surface area contributed by atoms with Crippen LogP contribution >= 0.6 is 0 Å². The molecule has 0 amide bonds. The molecular formula is C6H13NO3. The molecule has 0 bridgehead atoms. The summed E-state index contributed by atoms with van der Waals surface area (Å²) in [6.45, 7) is 0.334. The first-order chi connectivity index (χ1) is 4.66. The quantitative estimate of drug-likeness (QED) is 0.402. The van der Waals surface area contributed by atoms with Gasteiger partial charge in [-0.3, -0.25) is 4.90 Å². The Balaban J connectivity index is 2.55. The van der Waals surface area contributed by atoms with Crippen molar-refractivity contribution in [1.29, 1.82) is 0 Å². The average Bonchev–Trinajstić information content (AvgIpc) is 2.09. The van der Waals surface area contributed by atoms with Crippen molar-refractivity contribution in [3.63, 3.8) is 0 Å². The Hall–Kier alpha value is -0.160. The van der Waals surface area contributed by atoms with Crippen LogP contribution in [0.25, 0.3) is 0 Å². The summed E-state index contributed by atoms with van der Waals surface area (Å²) in [5.74, 6) is 0. The molecule has 1 rings (SSSR count). The maximum Gasteiger partial charge on any atom is 0.0988 e. The van der Waals surface area contributed by atoms with Gasteiger partial charge >= 0.3 is 0 Å². The number of aliphatic hydroxyl groups is 3. The Morgan fingerprint density at radius 2 is 2.10 bits per heavy atom. The number of hydrogen-bond acceptors (Lipinski definition) is 4. The first-order valence-corrected chi connectivity index (χ1v) is 3.34. The summed E-state index contributed by atoms with van der Waals surface area (Å²) in [6, 6.07) is -0.296. The minimum absolute atomic E-state index is 0.102. The Bertz CT molecular complexity index is 120. The van der Waals surface area contributed by atoms with Crippen molar-refractivity contribution in [2.75, 3.05) is 20.2 Å². The molecule has 0 radical (unpaired) electrons. The molecule has 1 aliphatic rings. The van der Waals surface area contributed by atoms with Gasteiger partial charge in [0, 0.05) is 6.54 Å². The molecule has 4 nitrogen and oxygen atoms in total. The molecular weight excluding hydrogens is 134 g/mol. The highest BCUT2D eigenvalue weighted by atomic mass is 16.3. The number of likely N-dealkylation sites (tertiary alicyclic amines) is 1. The van der Waals surface area contributed by atoms with Crippen LogP contribution in [-0.2, 0) is 0 Å². The van der Waals surface area contributed by atoms with E-state index in [9.17, 15) is 5.11 Å². The molecule has 1 saturated heterocycles. The van der Waals surface area contributed by atoms with Gasteiger partial charge < -0.3 is 15.3 Å². The van der Waals surface area contributed by atoms with Crippen molar-refractivity contribution < 1.29 is 15.3 Å². The SMILES string of the molecule is CN1C[C@H](O)[C@H](O)[C@H]1CO. The highest BCUT2D eigenvalue weighted by Crippen LogP contribution is 2.15. The summed E-state index contributed by atoms with van der Waals surface area (Å²) in [6.07, 6.45) is -1.50. The number of hydrogen-bond donors (Lipinski definition) is 3. The molecule has 10 heavy (non-hydrogen) atoms. The number of aliphatic hydroxyl groups excluding tert-OH is 3.